The summed E-state index contributed by atoms with van der Waals surface area (Å²) >= 11 is 0. The number of benzene rings is 1. The number of aryl methyl sites for hydroxylation is 1. The summed E-state index contributed by atoms with van der Waals surface area (Å²) in [5.41, 5.74) is 2.06. The normalized spacial score (nSPS) is 10.5. The molecule has 0 saturated heterocycles. The monoisotopic (exact) mass is 306 g/mol. The number of imidazole rings is 1. The highest BCUT2D eigenvalue weighted by Crippen LogP contribution is 2.18. The lowest BCUT2D eigenvalue weighted by Gasteiger charge is -2.03. The number of carbonyl (C=O) groups excluding carboxylic acids is 1. The Kier molecular flexibility index (Phi) is 7.05. The standard InChI is InChI=1S/C12H14N2O3.C5H12/c1-3-14-10-5-4-8(12(16)17-2)6-9(10)13-11(14)7-15;1-4-5(2)3/h4-6,15H,3,7H2,1-2H3;5H,4H2,1-3H3. The zero-order chi connectivity index (χ0) is 16.7. The van der Waals surface area contributed by atoms with Crippen molar-refractivity contribution in [2.75, 3.05) is 7.11 Å². The molecule has 0 aliphatic heterocycles. The van der Waals surface area contributed by atoms with Crippen LogP contribution < -0.4 is 0 Å². The molecular weight excluding hydrogens is 280 g/mol. The van der Waals surface area contributed by atoms with Gasteiger partial charge in [-0.05, 0) is 31.0 Å². The van der Waals surface area contributed by atoms with Crippen molar-refractivity contribution in [3.05, 3.63) is 29.6 Å². The summed E-state index contributed by atoms with van der Waals surface area (Å²) in [6, 6.07) is 5.19. The molecule has 22 heavy (non-hydrogen) atoms. The highest BCUT2D eigenvalue weighted by atomic mass is 16.5. The fourth-order valence-electron chi connectivity index (χ4n) is 1.90. The van der Waals surface area contributed by atoms with Gasteiger partial charge in [-0.1, -0.05) is 27.2 Å². The van der Waals surface area contributed by atoms with Crippen LogP contribution in [-0.2, 0) is 17.9 Å². The number of aliphatic hydroxyl groups is 1. The molecule has 0 unspecified atom stereocenters. The molecule has 5 heteroatoms. The van der Waals surface area contributed by atoms with E-state index < -0.39 is 0 Å². The topological polar surface area (TPSA) is 64.3 Å². The van der Waals surface area contributed by atoms with Crippen molar-refractivity contribution in [1.29, 1.82) is 0 Å². The number of ether oxygens (including phenoxy) is 1. The molecule has 1 N–H and O–H groups in total. The highest BCUT2D eigenvalue weighted by molar-refractivity contribution is 5.93. The summed E-state index contributed by atoms with van der Waals surface area (Å²) in [7, 11) is 1.34. The molecule has 0 fully saturated rings. The fraction of sp³-hybridized carbons (Fsp3) is 0.529. The highest BCUT2D eigenvalue weighted by Gasteiger charge is 2.12. The van der Waals surface area contributed by atoms with Gasteiger partial charge in [-0.15, -0.1) is 0 Å². The molecule has 0 aliphatic carbocycles. The molecular formula is C17H26N2O3. The van der Waals surface area contributed by atoms with E-state index in [0.29, 0.717) is 16.9 Å². The van der Waals surface area contributed by atoms with E-state index in [9.17, 15) is 9.90 Å². The van der Waals surface area contributed by atoms with Gasteiger partial charge in [-0.3, -0.25) is 0 Å². The minimum Gasteiger partial charge on any atom is -0.465 e. The maximum atomic E-state index is 11.4. The number of nitrogens with zero attached hydrogens (tertiary/aromatic N) is 2. The summed E-state index contributed by atoms with van der Waals surface area (Å²) in [5.74, 6) is 1.10. The number of hydrogen-bond donors (Lipinski definition) is 1. The third-order valence-corrected chi connectivity index (χ3v) is 3.52. The van der Waals surface area contributed by atoms with Gasteiger partial charge >= 0.3 is 5.97 Å². The third-order valence-electron chi connectivity index (χ3n) is 3.52. The Labute approximate surface area is 131 Å². The Bertz CT molecular complexity index is 618. The maximum Gasteiger partial charge on any atom is 0.337 e. The first-order chi connectivity index (χ1) is 10.5. The first kappa shape index (κ1) is 18.2. The lowest BCUT2D eigenvalue weighted by Crippen LogP contribution is -2.02. The van der Waals surface area contributed by atoms with Gasteiger partial charge in [-0.2, -0.15) is 0 Å². The van der Waals surface area contributed by atoms with Crippen molar-refractivity contribution < 1.29 is 14.6 Å². The molecule has 0 saturated carbocycles. The average Bonchev–Trinajstić information content (AvgIpc) is 2.91. The zero-order valence-electron chi connectivity index (χ0n) is 14.1. The number of methoxy groups -OCH3 is 1. The number of esters is 1. The minimum atomic E-state index is -0.386. The fourth-order valence-corrected chi connectivity index (χ4v) is 1.90. The number of aliphatic hydroxyl groups excluding tert-OH is 1. The van der Waals surface area contributed by atoms with Crippen LogP contribution in [0.1, 0.15) is 50.3 Å². The SMILES string of the molecule is CCC(C)C.CCn1c(CO)nc2cc(C(=O)OC)ccc21. The second-order valence-electron chi connectivity index (χ2n) is 5.43. The quantitative estimate of drug-likeness (QED) is 0.879. The lowest BCUT2D eigenvalue weighted by molar-refractivity contribution is 0.0601. The number of aromatic nitrogens is 2. The van der Waals surface area contributed by atoms with E-state index in [1.807, 2.05) is 17.6 Å². The number of fused-ring (bicyclic) bond motifs is 1. The Hall–Kier alpha value is -1.88. The van der Waals surface area contributed by atoms with Crippen LogP contribution in [0.5, 0.6) is 0 Å². The Morgan fingerprint density at radius 3 is 2.45 bits per heavy atom. The molecule has 0 atom stereocenters. The average molecular weight is 306 g/mol. The number of carbonyl (C=O) groups is 1. The molecule has 0 aliphatic rings. The summed E-state index contributed by atoms with van der Waals surface area (Å²) in [4.78, 5) is 15.7. The summed E-state index contributed by atoms with van der Waals surface area (Å²) in [6.07, 6.45) is 1.31. The summed E-state index contributed by atoms with van der Waals surface area (Å²) in [5, 5.41) is 9.20. The van der Waals surface area contributed by atoms with Gasteiger partial charge in [0.1, 0.15) is 12.4 Å². The molecule has 0 bridgehead atoms. The van der Waals surface area contributed by atoms with Crippen LogP contribution in [0, 0.1) is 5.92 Å². The maximum absolute atomic E-state index is 11.4. The smallest absolute Gasteiger partial charge is 0.337 e. The molecule has 1 aromatic carbocycles. The summed E-state index contributed by atoms with van der Waals surface area (Å²) in [6.45, 7) is 9.24. The number of hydrogen-bond acceptors (Lipinski definition) is 4. The van der Waals surface area contributed by atoms with E-state index >= 15 is 0 Å². The van der Waals surface area contributed by atoms with E-state index in [0.717, 1.165) is 18.0 Å². The van der Waals surface area contributed by atoms with Crippen molar-refractivity contribution in [2.45, 2.75) is 47.3 Å². The van der Waals surface area contributed by atoms with Crippen LogP contribution in [0.2, 0.25) is 0 Å². The Morgan fingerprint density at radius 2 is 2.00 bits per heavy atom. The predicted molar refractivity (Wildman–Crippen MR) is 87.8 cm³/mol. The van der Waals surface area contributed by atoms with Crippen molar-refractivity contribution in [1.82, 2.24) is 9.55 Å². The second kappa shape index (κ2) is 8.54. The predicted octanol–water partition coefficient (Wildman–Crippen LogP) is 3.39. The second-order valence-corrected chi connectivity index (χ2v) is 5.43. The first-order valence-corrected chi connectivity index (χ1v) is 7.66. The molecule has 0 amide bonds. The van der Waals surface area contributed by atoms with E-state index in [1.165, 1.54) is 13.5 Å². The zero-order valence-corrected chi connectivity index (χ0v) is 14.1. The van der Waals surface area contributed by atoms with Gasteiger partial charge in [0.15, 0.2) is 0 Å². The Morgan fingerprint density at radius 1 is 1.36 bits per heavy atom. The largest absolute Gasteiger partial charge is 0.465 e. The molecule has 1 heterocycles. The molecule has 2 aromatic rings. The van der Waals surface area contributed by atoms with E-state index in [2.05, 4.69) is 30.5 Å². The van der Waals surface area contributed by atoms with Crippen LogP contribution in [-0.4, -0.2) is 27.7 Å². The van der Waals surface area contributed by atoms with Gasteiger partial charge in [0, 0.05) is 6.54 Å². The van der Waals surface area contributed by atoms with E-state index in [-0.39, 0.29) is 12.6 Å². The third kappa shape index (κ3) is 4.31. The van der Waals surface area contributed by atoms with Gasteiger partial charge in [-0.25, -0.2) is 9.78 Å². The van der Waals surface area contributed by atoms with Crippen LogP contribution >= 0.6 is 0 Å². The molecule has 0 spiro atoms. The molecule has 5 nitrogen and oxygen atoms in total. The van der Waals surface area contributed by atoms with Crippen molar-refractivity contribution in [2.24, 2.45) is 5.92 Å². The van der Waals surface area contributed by atoms with Gasteiger partial charge in [0.05, 0.1) is 23.7 Å². The van der Waals surface area contributed by atoms with Gasteiger partial charge in [0.2, 0.25) is 0 Å². The van der Waals surface area contributed by atoms with E-state index in [4.69, 9.17) is 0 Å². The van der Waals surface area contributed by atoms with E-state index in [1.54, 1.807) is 12.1 Å². The number of rotatable bonds is 4. The first-order valence-electron chi connectivity index (χ1n) is 7.66. The van der Waals surface area contributed by atoms with Crippen molar-refractivity contribution in [3.63, 3.8) is 0 Å². The Balaban J connectivity index is 0.000000422. The molecule has 1 aromatic heterocycles. The van der Waals surface area contributed by atoms with Crippen LogP contribution in [0.25, 0.3) is 11.0 Å². The van der Waals surface area contributed by atoms with Crippen LogP contribution in [0.3, 0.4) is 0 Å². The lowest BCUT2D eigenvalue weighted by atomic mass is 10.2. The molecule has 2 rings (SSSR count). The van der Waals surface area contributed by atoms with Crippen LogP contribution in [0.15, 0.2) is 18.2 Å². The molecule has 0 radical (unpaired) electrons. The van der Waals surface area contributed by atoms with Gasteiger partial charge in [0.25, 0.3) is 0 Å². The van der Waals surface area contributed by atoms with Crippen LogP contribution in [0.4, 0.5) is 0 Å². The summed E-state index contributed by atoms with van der Waals surface area (Å²) < 4.78 is 6.57. The molecule has 122 valence electrons. The minimum absolute atomic E-state index is 0.115. The van der Waals surface area contributed by atoms with Gasteiger partial charge < -0.3 is 14.4 Å². The van der Waals surface area contributed by atoms with Crippen molar-refractivity contribution >= 4 is 17.0 Å². The van der Waals surface area contributed by atoms with Crippen molar-refractivity contribution in [3.8, 4) is 0 Å².